The van der Waals surface area contributed by atoms with E-state index in [9.17, 15) is 31.2 Å². The number of carbonyl (C=O) groups excluding carboxylic acids is 1. The quantitative estimate of drug-likeness (QED) is 0.272. The number of nitrogens with one attached hydrogen (secondary N) is 2. The van der Waals surface area contributed by atoms with Crippen molar-refractivity contribution in [3.63, 3.8) is 0 Å². The second-order valence-electron chi connectivity index (χ2n) is 9.74. The monoisotopic (exact) mass is 591 g/mol. The molecule has 0 unspecified atom stereocenters. The highest BCUT2D eigenvalue weighted by Gasteiger charge is 2.31. The number of H-pyrrole nitrogens is 1. The highest BCUT2D eigenvalue weighted by molar-refractivity contribution is 7.92. The van der Waals surface area contributed by atoms with E-state index in [1.165, 1.54) is 42.5 Å². The van der Waals surface area contributed by atoms with Crippen molar-refractivity contribution in [1.29, 1.82) is 0 Å². The highest BCUT2D eigenvalue weighted by atomic mass is 32.2. The molecule has 0 spiro atoms. The van der Waals surface area contributed by atoms with Gasteiger partial charge in [0.1, 0.15) is 4.83 Å². The summed E-state index contributed by atoms with van der Waals surface area (Å²) in [5.41, 5.74) is -0.681. The number of alkyl halides is 3. The summed E-state index contributed by atoms with van der Waals surface area (Å²) in [5.74, 6) is -0.183. The SMILES string of the molecule is C[C@H]1CCc2c(sc3nc([C@H](C)OC(=O)c4cccc(S(=O)(=O)Nc5cccc(C(F)(F)F)c5)c4)[nH]c(=O)c23)C1. The third kappa shape index (κ3) is 5.61. The van der Waals surface area contributed by atoms with Crippen molar-refractivity contribution in [3.8, 4) is 0 Å². The minimum Gasteiger partial charge on any atom is -0.451 e. The molecule has 0 amide bonds. The Morgan fingerprint density at radius 2 is 1.95 bits per heavy atom. The molecule has 40 heavy (non-hydrogen) atoms. The molecule has 8 nitrogen and oxygen atoms in total. The molecule has 0 saturated carbocycles. The summed E-state index contributed by atoms with van der Waals surface area (Å²) in [5, 5.41) is 0.570. The van der Waals surface area contributed by atoms with Gasteiger partial charge in [-0.2, -0.15) is 13.2 Å². The molecule has 2 atom stereocenters. The Bertz CT molecular complexity index is 1780. The first-order chi connectivity index (χ1) is 18.8. The normalized spacial score (nSPS) is 16.4. The number of nitrogens with zero attached hydrogens (tertiary/aromatic N) is 1. The van der Waals surface area contributed by atoms with Gasteiger partial charge in [0.25, 0.3) is 15.6 Å². The van der Waals surface area contributed by atoms with E-state index in [1.807, 2.05) is 0 Å². The highest BCUT2D eigenvalue weighted by Crippen LogP contribution is 2.36. The lowest BCUT2D eigenvalue weighted by Gasteiger charge is -2.17. The van der Waals surface area contributed by atoms with Crippen LogP contribution < -0.4 is 10.3 Å². The van der Waals surface area contributed by atoms with Crippen LogP contribution in [0.4, 0.5) is 18.9 Å². The van der Waals surface area contributed by atoms with E-state index in [4.69, 9.17) is 4.74 Å². The van der Waals surface area contributed by atoms with Crippen molar-refractivity contribution in [2.45, 2.75) is 50.3 Å². The van der Waals surface area contributed by atoms with Gasteiger partial charge in [-0.05, 0) is 74.1 Å². The molecule has 2 heterocycles. The molecule has 1 aliphatic rings. The van der Waals surface area contributed by atoms with E-state index in [0.29, 0.717) is 22.2 Å². The van der Waals surface area contributed by atoms with Crippen LogP contribution in [0.5, 0.6) is 0 Å². The van der Waals surface area contributed by atoms with Gasteiger partial charge in [-0.3, -0.25) is 9.52 Å². The van der Waals surface area contributed by atoms with E-state index in [1.54, 1.807) is 0 Å². The number of esters is 1. The number of anilines is 1. The van der Waals surface area contributed by atoms with E-state index < -0.39 is 33.8 Å². The molecule has 0 fully saturated rings. The number of hydrogen-bond donors (Lipinski definition) is 2. The van der Waals surface area contributed by atoms with Crippen LogP contribution in [0.25, 0.3) is 10.2 Å². The lowest BCUT2D eigenvalue weighted by Crippen LogP contribution is -2.18. The first kappa shape index (κ1) is 27.8. The summed E-state index contributed by atoms with van der Waals surface area (Å²) in [4.78, 5) is 34.4. The molecule has 2 N–H and O–H groups in total. The zero-order valence-corrected chi connectivity index (χ0v) is 23.0. The summed E-state index contributed by atoms with van der Waals surface area (Å²) in [6.45, 7) is 3.70. The van der Waals surface area contributed by atoms with Crippen molar-refractivity contribution in [1.82, 2.24) is 9.97 Å². The van der Waals surface area contributed by atoms with Crippen molar-refractivity contribution in [2.75, 3.05) is 4.72 Å². The van der Waals surface area contributed by atoms with E-state index in [2.05, 4.69) is 21.6 Å². The first-order valence-corrected chi connectivity index (χ1v) is 14.7. The number of ether oxygens (including phenoxy) is 1. The molecule has 210 valence electrons. The number of halogens is 3. The number of carbonyl (C=O) groups is 1. The summed E-state index contributed by atoms with van der Waals surface area (Å²) in [6.07, 6.45) is -2.90. The maximum Gasteiger partial charge on any atom is 0.416 e. The Labute approximate surface area is 231 Å². The Hall–Kier alpha value is -3.71. The number of rotatable bonds is 6. The molecule has 2 aromatic heterocycles. The van der Waals surface area contributed by atoms with E-state index in [-0.39, 0.29) is 27.5 Å². The van der Waals surface area contributed by atoms with Crippen LogP contribution in [0, 0.1) is 5.92 Å². The molecule has 0 bridgehead atoms. The van der Waals surface area contributed by atoms with Crippen LogP contribution in [0.3, 0.4) is 0 Å². The van der Waals surface area contributed by atoms with Crippen molar-refractivity contribution < 1.29 is 31.1 Å². The van der Waals surface area contributed by atoms with Gasteiger partial charge in [-0.25, -0.2) is 18.2 Å². The van der Waals surface area contributed by atoms with Crippen LogP contribution in [-0.2, 0) is 33.8 Å². The lowest BCUT2D eigenvalue weighted by atomic mass is 9.89. The van der Waals surface area contributed by atoms with Crippen molar-refractivity contribution in [2.24, 2.45) is 5.92 Å². The number of hydrogen-bond acceptors (Lipinski definition) is 7. The molecule has 0 radical (unpaired) electrons. The minimum absolute atomic E-state index is 0.109. The molecule has 0 saturated heterocycles. The fourth-order valence-electron chi connectivity index (χ4n) is 4.61. The van der Waals surface area contributed by atoms with Gasteiger partial charge in [0.15, 0.2) is 11.9 Å². The average molecular weight is 592 g/mol. The van der Waals surface area contributed by atoms with Gasteiger partial charge in [0.05, 0.1) is 21.4 Å². The molecular formula is C27H24F3N3O5S2. The zero-order valence-electron chi connectivity index (χ0n) is 21.3. The number of fused-ring (bicyclic) bond motifs is 3. The smallest absolute Gasteiger partial charge is 0.416 e. The number of sulfonamides is 1. The Balaban J connectivity index is 1.34. The fraction of sp³-hybridized carbons (Fsp3) is 0.296. The van der Waals surface area contributed by atoms with Gasteiger partial charge in [0, 0.05) is 10.6 Å². The maximum absolute atomic E-state index is 13.0. The third-order valence-corrected chi connectivity index (χ3v) is 9.20. The van der Waals surface area contributed by atoms with Crippen LogP contribution in [0.2, 0.25) is 0 Å². The van der Waals surface area contributed by atoms with Gasteiger partial charge < -0.3 is 9.72 Å². The van der Waals surface area contributed by atoms with Crippen LogP contribution in [0.15, 0.2) is 58.2 Å². The molecule has 13 heteroatoms. The summed E-state index contributed by atoms with van der Waals surface area (Å²) in [7, 11) is -4.33. The zero-order chi connectivity index (χ0) is 28.8. The summed E-state index contributed by atoms with van der Waals surface area (Å²) < 4.78 is 72.3. The van der Waals surface area contributed by atoms with Gasteiger partial charge in [-0.1, -0.05) is 19.1 Å². The average Bonchev–Trinajstić information content (AvgIpc) is 3.26. The number of aryl methyl sites for hydroxylation is 1. The van der Waals surface area contributed by atoms with Gasteiger partial charge in [0.2, 0.25) is 0 Å². The number of aromatic nitrogens is 2. The lowest BCUT2D eigenvalue weighted by molar-refractivity contribution is -0.137. The topological polar surface area (TPSA) is 118 Å². The summed E-state index contributed by atoms with van der Waals surface area (Å²) >= 11 is 1.46. The van der Waals surface area contributed by atoms with Crippen molar-refractivity contribution >= 4 is 43.2 Å². The molecule has 1 aliphatic carbocycles. The number of benzene rings is 2. The fourth-order valence-corrected chi connectivity index (χ4v) is 7.09. The second-order valence-corrected chi connectivity index (χ2v) is 12.5. The standard InChI is InChI=1S/C27H24F3N3O5S2/c1-14-9-10-20-21(11-14)39-25-22(20)24(34)31-23(32-25)15(2)38-26(35)16-5-3-8-19(12-16)40(36,37)33-18-7-4-6-17(13-18)27(28,29)30/h3-8,12-15,33H,9-11H2,1-2H3,(H,31,32,34)/t14-,15-/m0/s1. The molecule has 2 aromatic carbocycles. The van der Waals surface area contributed by atoms with Crippen molar-refractivity contribution in [3.05, 3.63) is 86.3 Å². The molecule has 0 aliphatic heterocycles. The molecular weight excluding hydrogens is 567 g/mol. The number of aromatic amines is 1. The van der Waals surface area contributed by atoms with E-state index in [0.717, 1.165) is 47.9 Å². The maximum atomic E-state index is 13.0. The molecule has 4 aromatic rings. The Kier molecular flexibility index (Phi) is 7.21. The minimum atomic E-state index is -4.65. The van der Waals surface area contributed by atoms with Crippen LogP contribution >= 0.6 is 11.3 Å². The third-order valence-electron chi connectivity index (χ3n) is 6.67. The summed E-state index contributed by atoms with van der Waals surface area (Å²) in [6, 6.07) is 8.66. The van der Waals surface area contributed by atoms with Crippen LogP contribution in [-0.4, -0.2) is 24.4 Å². The Morgan fingerprint density at radius 3 is 2.70 bits per heavy atom. The predicted molar refractivity (Wildman–Crippen MR) is 144 cm³/mol. The number of thiophene rings is 1. The Morgan fingerprint density at radius 1 is 1.20 bits per heavy atom. The van der Waals surface area contributed by atoms with Crippen LogP contribution in [0.1, 0.15) is 58.6 Å². The first-order valence-electron chi connectivity index (χ1n) is 12.4. The second kappa shape index (κ2) is 10.4. The molecule has 5 rings (SSSR count). The van der Waals surface area contributed by atoms with Gasteiger partial charge in [-0.15, -0.1) is 11.3 Å². The predicted octanol–water partition coefficient (Wildman–Crippen LogP) is 5.85. The largest absolute Gasteiger partial charge is 0.451 e. The van der Waals surface area contributed by atoms with E-state index >= 15 is 0 Å². The van der Waals surface area contributed by atoms with Gasteiger partial charge >= 0.3 is 12.1 Å².